The van der Waals surface area contributed by atoms with Crippen molar-refractivity contribution < 1.29 is 9.72 Å². The van der Waals surface area contributed by atoms with E-state index in [1.165, 1.54) is 29.2 Å². The summed E-state index contributed by atoms with van der Waals surface area (Å²) in [5.41, 5.74) is 7.00. The lowest BCUT2D eigenvalue weighted by atomic mass is 10.0. The van der Waals surface area contributed by atoms with E-state index >= 15 is 0 Å². The van der Waals surface area contributed by atoms with Gasteiger partial charge in [0.15, 0.2) is 4.34 Å². The van der Waals surface area contributed by atoms with E-state index < -0.39 is 4.92 Å². The molecule has 1 saturated heterocycles. The number of carbonyl (C=O) groups excluding carboxylic acids is 1. The molecule has 9 heteroatoms. The summed E-state index contributed by atoms with van der Waals surface area (Å²) in [6.07, 6.45) is 1.51. The van der Waals surface area contributed by atoms with Gasteiger partial charge in [-0.15, -0.1) is 11.3 Å². The van der Waals surface area contributed by atoms with Crippen molar-refractivity contribution in [1.82, 2.24) is 9.88 Å². The predicted octanol–water partition coefficient (Wildman–Crippen LogP) is 3.07. The number of amides is 1. The number of hydrogen-bond acceptors (Lipinski definition) is 7. The van der Waals surface area contributed by atoms with E-state index in [1.54, 1.807) is 17.0 Å². The number of nitro groups is 1. The molecule has 0 unspecified atom stereocenters. The molecular formula is C16H18N4O3S2. The second kappa shape index (κ2) is 7.51. The molecule has 1 aromatic heterocycles. The van der Waals surface area contributed by atoms with Crippen LogP contribution in [0.5, 0.6) is 0 Å². The Morgan fingerprint density at radius 1 is 1.44 bits per heavy atom. The highest BCUT2D eigenvalue weighted by Gasteiger charge is 2.25. The van der Waals surface area contributed by atoms with Crippen molar-refractivity contribution >= 4 is 34.7 Å². The van der Waals surface area contributed by atoms with Crippen LogP contribution < -0.4 is 5.73 Å². The molecule has 0 aliphatic carbocycles. The highest BCUT2D eigenvalue weighted by molar-refractivity contribution is 8.01. The maximum Gasteiger partial charge on any atom is 0.284 e. The van der Waals surface area contributed by atoms with Crippen LogP contribution in [0.4, 0.5) is 5.69 Å². The molecule has 1 aliphatic heterocycles. The van der Waals surface area contributed by atoms with Crippen LogP contribution in [0.15, 0.2) is 32.8 Å². The van der Waals surface area contributed by atoms with Gasteiger partial charge >= 0.3 is 0 Å². The summed E-state index contributed by atoms with van der Waals surface area (Å²) >= 11 is 2.68. The normalized spacial score (nSPS) is 15.4. The molecule has 1 fully saturated rings. The van der Waals surface area contributed by atoms with E-state index in [9.17, 15) is 14.9 Å². The Kier molecular flexibility index (Phi) is 5.36. The van der Waals surface area contributed by atoms with E-state index in [-0.39, 0.29) is 17.6 Å². The number of carbonyl (C=O) groups is 1. The van der Waals surface area contributed by atoms with E-state index in [4.69, 9.17) is 5.73 Å². The Morgan fingerprint density at radius 3 is 2.76 bits per heavy atom. The van der Waals surface area contributed by atoms with Gasteiger partial charge in [-0.2, -0.15) is 0 Å². The smallest absolute Gasteiger partial charge is 0.284 e. The van der Waals surface area contributed by atoms with Crippen molar-refractivity contribution in [2.45, 2.75) is 35.0 Å². The fourth-order valence-corrected chi connectivity index (χ4v) is 4.52. The number of hydrogen-bond donors (Lipinski definition) is 1. The number of thiazole rings is 1. The summed E-state index contributed by atoms with van der Waals surface area (Å²) in [6.45, 7) is 3.05. The van der Waals surface area contributed by atoms with Gasteiger partial charge in [-0.1, -0.05) is 11.8 Å². The first-order chi connectivity index (χ1) is 11.9. The molecule has 1 aromatic carbocycles. The van der Waals surface area contributed by atoms with E-state index in [0.717, 1.165) is 22.9 Å². The van der Waals surface area contributed by atoms with Gasteiger partial charge in [-0.3, -0.25) is 14.9 Å². The summed E-state index contributed by atoms with van der Waals surface area (Å²) in [4.78, 5) is 30.1. The highest BCUT2D eigenvalue weighted by atomic mass is 32.2. The highest BCUT2D eigenvalue weighted by Crippen LogP contribution is 2.37. The monoisotopic (exact) mass is 378 g/mol. The van der Waals surface area contributed by atoms with Crippen molar-refractivity contribution in [3.05, 3.63) is 45.0 Å². The number of nitrogens with zero attached hydrogens (tertiary/aromatic N) is 3. The fraction of sp³-hybridized carbons (Fsp3) is 0.375. The van der Waals surface area contributed by atoms with Gasteiger partial charge in [-0.25, -0.2) is 4.98 Å². The second-order valence-corrected chi connectivity index (χ2v) is 8.07. The quantitative estimate of drug-likeness (QED) is 0.648. The Balaban J connectivity index is 1.83. The first kappa shape index (κ1) is 17.8. The maximum atomic E-state index is 12.6. The molecule has 1 amide bonds. The van der Waals surface area contributed by atoms with Crippen molar-refractivity contribution in [3.63, 3.8) is 0 Å². The zero-order chi connectivity index (χ0) is 18.0. The topological polar surface area (TPSA) is 102 Å². The maximum absolute atomic E-state index is 12.6. The molecule has 3 rings (SSSR count). The van der Waals surface area contributed by atoms with Crippen LogP contribution in [0.1, 0.15) is 28.9 Å². The summed E-state index contributed by atoms with van der Waals surface area (Å²) in [7, 11) is 0. The number of aryl methyl sites for hydroxylation is 1. The Bertz CT molecular complexity index is 800. The van der Waals surface area contributed by atoms with Crippen LogP contribution in [0.2, 0.25) is 0 Å². The lowest BCUT2D eigenvalue weighted by Gasteiger charge is -2.30. The van der Waals surface area contributed by atoms with Crippen LogP contribution in [-0.4, -0.2) is 39.8 Å². The lowest BCUT2D eigenvalue weighted by molar-refractivity contribution is -0.387. The third-order valence-corrected chi connectivity index (χ3v) is 6.15. The average molecular weight is 378 g/mol. The van der Waals surface area contributed by atoms with Crippen LogP contribution in [0, 0.1) is 17.0 Å². The van der Waals surface area contributed by atoms with Gasteiger partial charge < -0.3 is 10.6 Å². The Labute approximate surface area is 153 Å². The molecule has 0 bridgehead atoms. The van der Waals surface area contributed by atoms with Gasteiger partial charge in [-0.05, 0) is 31.9 Å². The summed E-state index contributed by atoms with van der Waals surface area (Å²) in [5.74, 6) is -0.184. The average Bonchev–Trinajstić information content (AvgIpc) is 3.00. The molecular weight excluding hydrogens is 360 g/mol. The first-order valence-electron chi connectivity index (χ1n) is 7.87. The zero-order valence-electron chi connectivity index (χ0n) is 13.7. The van der Waals surface area contributed by atoms with Crippen LogP contribution in [0.3, 0.4) is 0 Å². The van der Waals surface area contributed by atoms with Gasteiger partial charge in [0.2, 0.25) is 0 Å². The standard InChI is InChI=1S/C16H18N4O3S2/c1-10-9-24-16(18-10)25-14-3-2-11(8-13(14)20(22)23)15(21)19-6-4-12(17)5-7-19/h2-3,8-9,12H,4-7,17H2,1H3. The van der Waals surface area contributed by atoms with Gasteiger partial charge in [0, 0.05) is 41.8 Å². The number of likely N-dealkylation sites (tertiary alicyclic amines) is 1. The third kappa shape index (κ3) is 4.17. The molecule has 0 atom stereocenters. The minimum Gasteiger partial charge on any atom is -0.339 e. The lowest BCUT2D eigenvalue weighted by Crippen LogP contribution is -2.42. The van der Waals surface area contributed by atoms with E-state index in [1.807, 2.05) is 12.3 Å². The minimum absolute atomic E-state index is 0.0718. The molecule has 2 N–H and O–H groups in total. The minimum atomic E-state index is -0.453. The summed E-state index contributed by atoms with van der Waals surface area (Å²) < 4.78 is 0.740. The SMILES string of the molecule is Cc1csc(Sc2ccc(C(=O)N3CCC(N)CC3)cc2[N+](=O)[O-])n1. The largest absolute Gasteiger partial charge is 0.339 e. The van der Waals surface area contributed by atoms with Crippen molar-refractivity contribution in [1.29, 1.82) is 0 Å². The number of nitrogens with two attached hydrogens (primary N) is 1. The zero-order valence-corrected chi connectivity index (χ0v) is 15.3. The van der Waals surface area contributed by atoms with Crippen molar-refractivity contribution in [2.75, 3.05) is 13.1 Å². The Morgan fingerprint density at radius 2 is 2.16 bits per heavy atom. The molecule has 0 saturated carbocycles. The van der Waals surface area contributed by atoms with Crippen LogP contribution >= 0.6 is 23.1 Å². The number of nitro benzene ring substituents is 1. The van der Waals surface area contributed by atoms with Crippen LogP contribution in [-0.2, 0) is 0 Å². The molecule has 2 heterocycles. The summed E-state index contributed by atoms with van der Waals surface area (Å²) in [5, 5.41) is 13.3. The number of benzene rings is 1. The fourth-order valence-electron chi connectivity index (χ4n) is 2.64. The molecule has 0 spiro atoms. The van der Waals surface area contributed by atoms with Gasteiger partial charge in [0.05, 0.1) is 9.82 Å². The molecule has 2 aromatic rings. The second-order valence-electron chi connectivity index (χ2n) is 5.93. The predicted molar refractivity (Wildman–Crippen MR) is 97.2 cm³/mol. The molecule has 0 radical (unpaired) electrons. The van der Waals surface area contributed by atoms with Crippen molar-refractivity contribution in [2.24, 2.45) is 5.73 Å². The van der Waals surface area contributed by atoms with Gasteiger partial charge in [0.1, 0.15) is 0 Å². The first-order valence-corrected chi connectivity index (χ1v) is 9.57. The van der Waals surface area contributed by atoms with Gasteiger partial charge in [0.25, 0.3) is 11.6 Å². The molecule has 132 valence electrons. The summed E-state index contributed by atoms with van der Waals surface area (Å²) in [6, 6.07) is 4.76. The van der Waals surface area contributed by atoms with E-state index in [0.29, 0.717) is 23.5 Å². The number of rotatable bonds is 4. The number of piperidine rings is 1. The van der Waals surface area contributed by atoms with Crippen molar-refractivity contribution in [3.8, 4) is 0 Å². The van der Waals surface area contributed by atoms with E-state index in [2.05, 4.69) is 4.98 Å². The Hall–Kier alpha value is -1.97. The third-order valence-electron chi connectivity index (χ3n) is 4.02. The molecule has 7 nitrogen and oxygen atoms in total. The number of aromatic nitrogens is 1. The van der Waals surface area contributed by atoms with Crippen LogP contribution in [0.25, 0.3) is 0 Å². The molecule has 25 heavy (non-hydrogen) atoms. The molecule has 1 aliphatic rings.